The number of nitrogens with one attached hydrogen (secondary N) is 1. The Morgan fingerprint density at radius 3 is 2.64 bits per heavy atom. The van der Waals surface area contributed by atoms with Gasteiger partial charge in [0.25, 0.3) is 0 Å². The van der Waals surface area contributed by atoms with Crippen LogP contribution >= 0.6 is 24.4 Å². The topological polar surface area (TPSA) is 23.9 Å². The van der Waals surface area contributed by atoms with Gasteiger partial charge >= 0.3 is 0 Å². The minimum atomic E-state index is -0.383. The number of hydrogen-bond acceptors (Lipinski definition) is 3. The van der Waals surface area contributed by atoms with Crippen LogP contribution in [0.1, 0.15) is 20.8 Å². The molecule has 0 aromatic carbocycles. The number of thioether (sulfide) groups is 1. The van der Waals surface area contributed by atoms with Crippen LogP contribution < -0.4 is 0 Å². The molecule has 1 atom stereocenters. The number of thiol groups is 1. The van der Waals surface area contributed by atoms with Crippen molar-refractivity contribution in [3.05, 3.63) is 11.0 Å². The molecule has 0 rings (SSSR count). The van der Waals surface area contributed by atoms with E-state index < -0.39 is 0 Å². The Kier molecular flexibility index (Phi) is 4.93. The van der Waals surface area contributed by atoms with Crippen LogP contribution in [0.2, 0.25) is 0 Å². The van der Waals surface area contributed by atoms with Gasteiger partial charge in [-0.1, -0.05) is 13.0 Å². The first kappa shape index (κ1) is 11.1. The average molecular weight is 189 g/mol. The van der Waals surface area contributed by atoms with Gasteiger partial charge in [-0.25, -0.2) is 0 Å². The van der Waals surface area contributed by atoms with Crippen molar-refractivity contribution in [1.29, 1.82) is 5.41 Å². The van der Waals surface area contributed by atoms with Gasteiger partial charge in [0, 0.05) is 6.21 Å². The summed E-state index contributed by atoms with van der Waals surface area (Å²) in [6, 6.07) is 0. The van der Waals surface area contributed by atoms with E-state index in [1.54, 1.807) is 11.8 Å². The summed E-state index contributed by atoms with van der Waals surface area (Å²) in [7, 11) is 0. The molecule has 1 N–H and O–H groups in total. The Balaban J connectivity index is 4.16. The van der Waals surface area contributed by atoms with Crippen LogP contribution in [0.3, 0.4) is 0 Å². The third kappa shape index (κ3) is 5.39. The zero-order valence-electron chi connectivity index (χ0n) is 7.22. The lowest BCUT2D eigenvalue weighted by molar-refractivity contribution is 1.08. The highest BCUT2D eigenvalue weighted by molar-refractivity contribution is 8.03. The van der Waals surface area contributed by atoms with Gasteiger partial charge in [-0.05, 0) is 24.5 Å². The minimum absolute atomic E-state index is 0.383. The van der Waals surface area contributed by atoms with Crippen LogP contribution in [0.5, 0.6) is 0 Å². The van der Waals surface area contributed by atoms with Crippen molar-refractivity contribution in [2.24, 2.45) is 0 Å². The molecule has 0 aliphatic rings. The molecule has 0 bridgehead atoms. The maximum Gasteiger partial charge on any atom is 0.0635 e. The summed E-state index contributed by atoms with van der Waals surface area (Å²) in [5, 5.41) is 7.08. The summed E-state index contributed by atoms with van der Waals surface area (Å²) in [5.41, 5.74) is 0. The van der Waals surface area contributed by atoms with Crippen molar-refractivity contribution in [2.45, 2.75) is 25.5 Å². The van der Waals surface area contributed by atoms with Crippen LogP contribution in [0.15, 0.2) is 11.0 Å². The third-order valence-electron chi connectivity index (χ3n) is 1.16. The van der Waals surface area contributed by atoms with Crippen LogP contribution in [0.4, 0.5) is 0 Å². The predicted octanol–water partition coefficient (Wildman–Crippen LogP) is 2.98. The number of allylic oxidation sites excluding steroid dienone is 1. The Morgan fingerprint density at radius 1 is 1.73 bits per heavy atom. The summed E-state index contributed by atoms with van der Waals surface area (Å²) in [6.45, 7) is 6.07. The van der Waals surface area contributed by atoms with E-state index in [0.717, 1.165) is 5.75 Å². The SMILES string of the molecule is CCS/C(C)=C\C(C)(S)C=N. The molecule has 0 spiro atoms. The summed E-state index contributed by atoms with van der Waals surface area (Å²) in [6.07, 6.45) is 3.34. The Labute approximate surface area is 78.6 Å². The molecule has 0 aromatic rings. The quantitative estimate of drug-likeness (QED) is 0.515. The molecule has 0 aliphatic heterocycles. The van der Waals surface area contributed by atoms with Gasteiger partial charge in [-0.2, -0.15) is 12.6 Å². The van der Waals surface area contributed by atoms with E-state index >= 15 is 0 Å². The molecule has 0 radical (unpaired) electrons. The lowest BCUT2D eigenvalue weighted by atomic mass is 10.2. The van der Waals surface area contributed by atoms with Crippen molar-refractivity contribution in [3.8, 4) is 0 Å². The molecule has 0 saturated carbocycles. The molecule has 0 amide bonds. The highest BCUT2D eigenvalue weighted by Gasteiger charge is 2.11. The van der Waals surface area contributed by atoms with Gasteiger partial charge in [0.05, 0.1) is 4.75 Å². The third-order valence-corrected chi connectivity index (χ3v) is 2.28. The molecule has 0 heterocycles. The van der Waals surface area contributed by atoms with E-state index in [1.807, 2.05) is 19.9 Å². The highest BCUT2D eigenvalue weighted by atomic mass is 32.2. The molecule has 11 heavy (non-hydrogen) atoms. The summed E-state index contributed by atoms with van der Waals surface area (Å²) >= 11 is 6.07. The van der Waals surface area contributed by atoms with Gasteiger partial charge in [-0.15, -0.1) is 11.8 Å². The van der Waals surface area contributed by atoms with E-state index in [0.29, 0.717) is 0 Å². The first-order valence-electron chi connectivity index (χ1n) is 3.58. The summed E-state index contributed by atoms with van der Waals surface area (Å²) in [4.78, 5) is 1.23. The fourth-order valence-electron chi connectivity index (χ4n) is 0.723. The first-order valence-corrected chi connectivity index (χ1v) is 5.01. The fraction of sp³-hybridized carbons (Fsp3) is 0.625. The second-order valence-electron chi connectivity index (χ2n) is 2.56. The highest BCUT2D eigenvalue weighted by Crippen LogP contribution is 2.21. The Morgan fingerprint density at radius 2 is 2.27 bits per heavy atom. The molecule has 0 saturated heterocycles. The van der Waals surface area contributed by atoms with E-state index in [2.05, 4.69) is 19.6 Å². The van der Waals surface area contributed by atoms with Crippen LogP contribution in [0, 0.1) is 5.41 Å². The first-order chi connectivity index (χ1) is 5.02. The van der Waals surface area contributed by atoms with Gasteiger partial charge in [-0.3, -0.25) is 0 Å². The second kappa shape index (κ2) is 4.88. The maximum atomic E-state index is 7.08. The zero-order valence-corrected chi connectivity index (χ0v) is 8.93. The lowest BCUT2D eigenvalue weighted by Crippen LogP contribution is -2.13. The van der Waals surface area contributed by atoms with E-state index in [-0.39, 0.29) is 4.75 Å². The molecule has 0 fully saturated rings. The lowest BCUT2D eigenvalue weighted by Gasteiger charge is -2.12. The summed E-state index contributed by atoms with van der Waals surface area (Å²) in [5.74, 6) is 1.07. The van der Waals surface area contributed by atoms with Gasteiger partial charge < -0.3 is 5.41 Å². The molecule has 64 valence electrons. The van der Waals surface area contributed by atoms with Gasteiger partial charge in [0.1, 0.15) is 0 Å². The van der Waals surface area contributed by atoms with Crippen LogP contribution in [0.25, 0.3) is 0 Å². The molecule has 0 aromatic heterocycles. The number of hydrogen-bond donors (Lipinski definition) is 2. The zero-order chi connectivity index (χ0) is 8.91. The predicted molar refractivity (Wildman–Crippen MR) is 58.1 cm³/mol. The normalized spacial score (nSPS) is 17.6. The summed E-state index contributed by atoms with van der Waals surface area (Å²) < 4.78 is -0.383. The van der Waals surface area contributed by atoms with E-state index in [4.69, 9.17) is 5.41 Å². The Hall–Kier alpha value is 0.110. The smallest absolute Gasteiger partial charge is 0.0635 e. The molecular formula is C8H15NS2. The van der Waals surface area contributed by atoms with Crippen molar-refractivity contribution in [2.75, 3.05) is 5.75 Å². The number of rotatable bonds is 4. The van der Waals surface area contributed by atoms with Crippen molar-refractivity contribution >= 4 is 30.6 Å². The maximum absolute atomic E-state index is 7.08. The second-order valence-corrected chi connectivity index (χ2v) is 5.03. The van der Waals surface area contributed by atoms with Crippen LogP contribution in [-0.4, -0.2) is 16.7 Å². The van der Waals surface area contributed by atoms with Crippen molar-refractivity contribution in [1.82, 2.24) is 0 Å². The molecule has 3 heteroatoms. The van der Waals surface area contributed by atoms with E-state index in [9.17, 15) is 0 Å². The minimum Gasteiger partial charge on any atom is -0.311 e. The standard InChI is InChI=1S/C8H15NS2/c1-4-11-7(2)5-8(3,10)6-9/h5-6,9-10H,4H2,1-3H3/b7-5-,9-6?. The van der Waals surface area contributed by atoms with Crippen LogP contribution in [-0.2, 0) is 0 Å². The molecule has 1 unspecified atom stereocenters. The fourth-order valence-corrected chi connectivity index (χ4v) is 1.79. The Bertz CT molecular complexity index is 161. The van der Waals surface area contributed by atoms with Gasteiger partial charge in [0.15, 0.2) is 0 Å². The van der Waals surface area contributed by atoms with Crippen molar-refractivity contribution < 1.29 is 0 Å². The monoisotopic (exact) mass is 189 g/mol. The molecule has 1 nitrogen and oxygen atoms in total. The molecular weight excluding hydrogens is 174 g/mol. The average Bonchev–Trinajstić information content (AvgIpc) is 1.87. The molecule has 0 aliphatic carbocycles. The van der Waals surface area contributed by atoms with Gasteiger partial charge in [0.2, 0.25) is 0 Å². The largest absolute Gasteiger partial charge is 0.311 e. The van der Waals surface area contributed by atoms with Crippen molar-refractivity contribution in [3.63, 3.8) is 0 Å². The van der Waals surface area contributed by atoms with E-state index in [1.165, 1.54) is 11.1 Å².